The van der Waals surface area contributed by atoms with Crippen LogP contribution in [0.25, 0.3) is 11.1 Å². The number of urea groups is 1. The van der Waals surface area contributed by atoms with Crippen LogP contribution in [0, 0.1) is 12.7 Å². The molecule has 4 bridgehead atoms. The van der Waals surface area contributed by atoms with E-state index in [-0.39, 0.29) is 6.61 Å². The molecule has 1 aliphatic carbocycles. The van der Waals surface area contributed by atoms with Crippen molar-refractivity contribution in [2.45, 2.75) is 50.6 Å². The number of nitrogens with zero attached hydrogens (tertiary/aromatic N) is 3. The molecule has 3 aromatic rings. The second-order valence-corrected chi connectivity index (χ2v) is 10.8. The molecule has 0 atom stereocenters. The van der Waals surface area contributed by atoms with Gasteiger partial charge in [0.25, 0.3) is 10.0 Å². The summed E-state index contributed by atoms with van der Waals surface area (Å²) in [5.41, 5.74) is 4.12. The van der Waals surface area contributed by atoms with E-state index in [4.69, 9.17) is 4.74 Å². The van der Waals surface area contributed by atoms with Crippen molar-refractivity contribution in [2.24, 2.45) is 0 Å². The van der Waals surface area contributed by atoms with Crippen LogP contribution >= 0.6 is 0 Å². The lowest BCUT2D eigenvalue weighted by atomic mass is 9.93. The molecule has 0 unspecified atom stereocenters. The van der Waals surface area contributed by atoms with Gasteiger partial charge in [0.1, 0.15) is 6.61 Å². The first-order valence-corrected chi connectivity index (χ1v) is 12.4. The van der Waals surface area contributed by atoms with Gasteiger partial charge in [-0.05, 0) is 68.4 Å². The van der Waals surface area contributed by atoms with Crippen molar-refractivity contribution in [2.75, 3.05) is 11.9 Å². The Kier molecular flexibility index (Phi) is 5.12. The van der Waals surface area contributed by atoms with E-state index >= 15 is 0 Å². The molecular formula is C23H24FN5O4S. The van der Waals surface area contributed by atoms with E-state index in [0.717, 1.165) is 53.3 Å². The summed E-state index contributed by atoms with van der Waals surface area (Å²) in [7, 11) is -4.57. The molecule has 2 aliphatic rings. The fourth-order valence-corrected chi connectivity index (χ4v) is 5.40. The fraction of sp³-hybridized carbons (Fsp3) is 0.348. The van der Waals surface area contributed by atoms with Gasteiger partial charge in [0.2, 0.25) is 10.9 Å². The number of carbonyl (C=O) groups is 1. The Balaban J connectivity index is 1.71. The fourth-order valence-electron chi connectivity index (χ4n) is 4.50. The maximum absolute atomic E-state index is 14.6. The minimum atomic E-state index is -4.57. The van der Waals surface area contributed by atoms with Crippen LogP contribution in [0.15, 0.2) is 35.6 Å². The first-order valence-electron chi connectivity index (χ1n) is 10.9. The van der Waals surface area contributed by atoms with Gasteiger partial charge in [-0.3, -0.25) is 4.68 Å². The molecule has 2 amide bonds. The average molecular weight is 486 g/mol. The number of sulfonamides is 1. The predicted molar refractivity (Wildman–Crippen MR) is 123 cm³/mol. The lowest BCUT2D eigenvalue weighted by Crippen LogP contribution is -2.36. The summed E-state index contributed by atoms with van der Waals surface area (Å²) in [5.74, 6) is -0.728. The summed E-state index contributed by atoms with van der Waals surface area (Å²) in [6.45, 7) is 5.43. The first kappa shape index (κ1) is 22.3. The molecule has 1 aliphatic heterocycles. The van der Waals surface area contributed by atoms with Gasteiger partial charge in [-0.1, -0.05) is 6.07 Å². The zero-order valence-electron chi connectivity index (χ0n) is 19.0. The van der Waals surface area contributed by atoms with Gasteiger partial charge in [-0.25, -0.2) is 18.9 Å². The van der Waals surface area contributed by atoms with Crippen LogP contribution in [0.3, 0.4) is 0 Å². The summed E-state index contributed by atoms with van der Waals surface area (Å²) in [6.07, 6.45) is 5.12. The van der Waals surface area contributed by atoms with Crippen LogP contribution in [-0.4, -0.2) is 35.8 Å². The zero-order chi connectivity index (χ0) is 24.3. The average Bonchev–Trinajstić information content (AvgIpc) is 3.39. The third kappa shape index (κ3) is 3.79. The van der Waals surface area contributed by atoms with Gasteiger partial charge in [0.15, 0.2) is 5.82 Å². The Morgan fingerprint density at radius 3 is 2.82 bits per heavy atom. The van der Waals surface area contributed by atoms with Crippen molar-refractivity contribution in [3.8, 4) is 17.0 Å². The number of aryl methyl sites for hydroxylation is 2. The lowest BCUT2D eigenvalue weighted by molar-refractivity contribution is 0.164. The molecule has 0 spiro atoms. The van der Waals surface area contributed by atoms with Crippen molar-refractivity contribution in [3.05, 3.63) is 53.1 Å². The Morgan fingerprint density at radius 1 is 1.24 bits per heavy atom. The van der Waals surface area contributed by atoms with Gasteiger partial charge in [0.05, 0.1) is 17.4 Å². The minimum absolute atomic E-state index is 0.0463. The minimum Gasteiger partial charge on any atom is -0.475 e. The van der Waals surface area contributed by atoms with E-state index in [1.807, 2.05) is 17.7 Å². The summed E-state index contributed by atoms with van der Waals surface area (Å²) in [4.78, 5) is 17.2. The summed E-state index contributed by atoms with van der Waals surface area (Å²) in [5, 5.41) is 5.78. The molecule has 3 heterocycles. The van der Waals surface area contributed by atoms with Crippen LogP contribution in [-0.2, 0) is 28.4 Å². The molecule has 9 nitrogen and oxygen atoms in total. The highest BCUT2D eigenvalue weighted by molar-refractivity contribution is 7.90. The Bertz CT molecular complexity index is 1430. The number of hydrogen-bond acceptors (Lipinski definition) is 6. The molecule has 0 saturated heterocycles. The quantitative estimate of drug-likeness (QED) is 0.504. The standard InChI is InChI=1S/C23H24FN5O4S/c1-13-9-14-5-4-6-16(14)20-19(13)15-7-8-25-18(10-15)33-12-23(2,3)29-11-17(24)21(27-29)34(31,32)28-22(30)26-20/h7-11H,4-6,12H2,1-3H3,(H2,26,28,30). The number of anilines is 1. The normalized spacial score (nSPS) is 18.4. The number of ether oxygens (including phenoxy) is 1. The monoisotopic (exact) mass is 485 g/mol. The number of carbonyl (C=O) groups excluding carboxylic acids is 1. The van der Waals surface area contributed by atoms with Gasteiger partial charge >= 0.3 is 6.03 Å². The number of amides is 2. The predicted octanol–water partition coefficient (Wildman–Crippen LogP) is 3.52. The second kappa shape index (κ2) is 7.79. The molecular weight excluding hydrogens is 461 g/mol. The Labute approximate surface area is 196 Å². The smallest absolute Gasteiger partial charge is 0.333 e. The topological polar surface area (TPSA) is 115 Å². The van der Waals surface area contributed by atoms with Gasteiger partial charge in [-0.2, -0.15) is 13.5 Å². The largest absolute Gasteiger partial charge is 0.475 e. The van der Waals surface area contributed by atoms with Crippen molar-refractivity contribution in [1.29, 1.82) is 0 Å². The summed E-state index contributed by atoms with van der Waals surface area (Å²) in [6, 6.07) is 4.69. The molecule has 5 rings (SSSR count). The third-order valence-electron chi connectivity index (χ3n) is 6.17. The molecule has 0 radical (unpaired) electrons. The summed E-state index contributed by atoms with van der Waals surface area (Å²) >= 11 is 0. The van der Waals surface area contributed by atoms with E-state index in [1.54, 1.807) is 26.1 Å². The number of halogens is 1. The van der Waals surface area contributed by atoms with Crippen LogP contribution < -0.4 is 14.8 Å². The number of nitrogens with one attached hydrogen (secondary N) is 2. The number of rotatable bonds is 0. The van der Waals surface area contributed by atoms with Crippen molar-refractivity contribution in [3.63, 3.8) is 0 Å². The number of pyridine rings is 1. The van der Waals surface area contributed by atoms with E-state index in [9.17, 15) is 17.6 Å². The lowest BCUT2D eigenvalue weighted by Gasteiger charge is -2.25. The van der Waals surface area contributed by atoms with E-state index in [0.29, 0.717) is 11.6 Å². The van der Waals surface area contributed by atoms with Crippen molar-refractivity contribution in [1.82, 2.24) is 19.5 Å². The van der Waals surface area contributed by atoms with E-state index in [2.05, 4.69) is 21.5 Å². The SMILES string of the molecule is Cc1cc2c(c3c1-c1ccnc(c1)OCC(C)(C)n1cc(F)c(n1)S(=O)(=O)NC(=O)N3)CCC2. The molecule has 2 N–H and O–H groups in total. The van der Waals surface area contributed by atoms with Crippen LogP contribution in [0.2, 0.25) is 0 Å². The number of hydrogen-bond donors (Lipinski definition) is 2. The maximum Gasteiger partial charge on any atom is 0.333 e. The molecule has 2 aromatic heterocycles. The number of aromatic nitrogens is 3. The highest BCUT2D eigenvalue weighted by Gasteiger charge is 2.32. The Morgan fingerprint density at radius 2 is 2.03 bits per heavy atom. The molecule has 1 aromatic carbocycles. The highest BCUT2D eigenvalue weighted by atomic mass is 32.2. The molecule has 0 saturated carbocycles. The zero-order valence-corrected chi connectivity index (χ0v) is 19.8. The van der Waals surface area contributed by atoms with Gasteiger partial charge < -0.3 is 10.1 Å². The molecule has 11 heteroatoms. The van der Waals surface area contributed by atoms with E-state index < -0.39 is 32.4 Å². The van der Waals surface area contributed by atoms with Crippen LogP contribution in [0.5, 0.6) is 5.88 Å². The number of benzene rings is 1. The molecule has 0 fully saturated rings. The molecule has 178 valence electrons. The van der Waals surface area contributed by atoms with Crippen LogP contribution in [0.1, 0.15) is 37.0 Å². The third-order valence-corrected chi connectivity index (χ3v) is 7.41. The first-order chi connectivity index (χ1) is 16.0. The Hall–Kier alpha value is -3.47. The maximum atomic E-state index is 14.6. The van der Waals surface area contributed by atoms with Crippen molar-refractivity contribution >= 4 is 21.7 Å². The second-order valence-electron chi connectivity index (χ2n) is 9.20. The van der Waals surface area contributed by atoms with Crippen molar-refractivity contribution < 1.29 is 22.3 Å². The van der Waals surface area contributed by atoms with E-state index in [1.165, 1.54) is 4.68 Å². The van der Waals surface area contributed by atoms with Crippen LogP contribution in [0.4, 0.5) is 14.9 Å². The van der Waals surface area contributed by atoms with Gasteiger partial charge in [-0.15, -0.1) is 0 Å². The highest BCUT2D eigenvalue weighted by Crippen LogP contribution is 2.41. The molecule has 34 heavy (non-hydrogen) atoms. The summed E-state index contributed by atoms with van der Waals surface area (Å²) < 4.78 is 49.3. The van der Waals surface area contributed by atoms with Gasteiger partial charge in [0, 0.05) is 17.8 Å². The number of fused-ring (bicyclic) bond motifs is 8.